The van der Waals surface area contributed by atoms with E-state index >= 15 is 0 Å². The van der Waals surface area contributed by atoms with Crippen LogP contribution in [0.25, 0.3) is 5.65 Å². The molecule has 0 bridgehead atoms. The molecule has 0 amide bonds. The highest BCUT2D eigenvalue weighted by molar-refractivity contribution is 5.99. The number of allylic oxidation sites excluding steroid dienone is 3. The number of hydrogen-bond donors (Lipinski definition) is 1. The highest BCUT2D eigenvalue weighted by atomic mass is 15.3. The van der Waals surface area contributed by atoms with E-state index in [1.165, 1.54) is 25.7 Å². The maximum absolute atomic E-state index is 5.86. The van der Waals surface area contributed by atoms with E-state index in [0.717, 1.165) is 54.4 Å². The lowest BCUT2D eigenvalue weighted by Crippen LogP contribution is -2.19. The van der Waals surface area contributed by atoms with Crippen molar-refractivity contribution in [1.82, 2.24) is 14.6 Å². The predicted molar refractivity (Wildman–Crippen MR) is 121 cm³/mol. The Morgan fingerprint density at radius 2 is 2.03 bits per heavy atom. The van der Waals surface area contributed by atoms with Gasteiger partial charge in [-0.25, -0.2) is 9.50 Å². The number of anilines is 1. The molecule has 7 heteroatoms. The molecular weight excluding hydrogens is 362 g/mol. The van der Waals surface area contributed by atoms with Gasteiger partial charge >= 0.3 is 0 Å². The largest absolute Gasteiger partial charge is 0.404 e. The highest BCUT2D eigenvalue weighted by Gasteiger charge is 2.15. The summed E-state index contributed by atoms with van der Waals surface area (Å²) >= 11 is 0. The molecule has 0 spiro atoms. The van der Waals surface area contributed by atoms with Crippen molar-refractivity contribution in [2.45, 2.75) is 46.0 Å². The minimum atomic E-state index is 0.723. The molecule has 1 fully saturated rings. The van der Waals surface area contributed by atoms with E-state index < -0.39 is 0 Å². The fourth-order valence-electron chi connectivity index (χ4n) is 3.35. The van der Waals surface area contributed by atoms with Crippen molar-refractivity contribution < 1.29 is 0 Å². The van der Waals surface area contributed by atoms with E-state index in [1.807, 2.05) is 31.5 Å². The number of hydrogen-bond acceptors (Lipinski definition) is 6. The van der Waals surface area contributed by atoms with Gasteiger partial charge < -0.3 is 10.6 Å². The van der Waals surface area contributed by atoms with Crippen LogP contribution >= 0.6 is 0 Å². The van der Waals surface area contributed by atoms with Crippen molar-refractivity contribution in [3.05, 3.63) is 41.9 Å². The molecule has 0 unspecified atom stereocenters. The number of nitrogens with two attached hydrogens (primary N) is 1. The van der Waals surface area contributed by atoms with Crippen LogP contribution < -0.4 is 10.6 Å². The maximum Gasteiger partial charge on any atom is 0.183 e. The molecule has 3 rings (SSSR count). The number of aliphatic imine (C=N–C) groups is 2. The van der Waals surface area contributed by atoms with Gasteiger partial charge in [0, 0.05) is 50.0 Å². The Kier molecular flexibility index (Phi) is 7.55. The fraction of sp³-hybridized carbons (Fsp3) is 0.455. The molecule has 1 aliphatic rings. The molecule has 2 aromatic rings. The Morgan fingerprint density at radius 3 is 2.76 bits per heavy atom. The van der Waals surface area contributed by atoms with Crippen LogP contribution in [0.5, 0.6) is 0 Å². The molecule has 0 saturated carbocycles. The quantitative estimate of drug-likeness (QED) is 0.395. The Hall–Kier alpha value is -2.96. The Balaban J connectivity index is 1.76. The number of rotatable bonds is 9. The van der Waals surface area contributed by atoms with Crippen molar-refractivity contribution in [1.29, 1.82) is 0 Å². The highest BCUT2D eigenvalue weighted by Crippen LogP contribution is 2.23. The molecule has 154 valence electrons. The van der Waals surface area contributed by atoms with Crippen LogP contribution in [0, 0.1) is 0 Å². The van der Waals surface area contributed by atoms with Crippen LogP contribution in [0.1, 0.15) is 46.0 Å². The second-order valence-electron chi connectivity index (χ2n) is 7.14. The number of aromatic nitrogens is 3. The Labute approximate surface area is 172 Å². The monoisotopic (exact) mass is 393 g/mol. The first-order chi connectivity index (χ1) is 14.3. The lowest BCUT2D eigenvalue weighted by atomic mass is 10.1. The van der Waals surface area contributed by atoms with Crippen LogP contribution in [0.3, 0.4) is 0 Å². The van der Waals surface area contributed by atoms with Gasteiger partial charge in [0.2, 0.25) is 0 Å². The third-order valence-corrected chi connectivity index (χ3v) is 5.05. The average Bonchev–Trinajstić information content (AvgIpc) is 3.42. The summed E-state index contributed by atoms with van der Waals surface area (Å²) in [6.07, 6.45) is 16.8. The first-order valence-corrected chi connectivity index (χ1v) is 10.5. The summed E-state index contributed by atoms with van der Waals surface area (Å²) in [6.45, 7) is 7.11. The third-order valence-electron chi connectivity index (χ3n) is 5.05. The molecule has 29 heavy (non-hydrogen) atoms. The average molecular weight is 394 g/mol. The van der Waals surface area contributed by atoms with Crippen molar-refractivity contribution in [2.75, 3.05) is 24.5 Å². The maximum atomic E-state index is 5.86. The van der Waals surface area contributed by atoms with Crippen LogP contribution in [0.15, 0.2) is 51.9 Å². The van der Waals surface area contributed by atoms with Gasteiger partial charge in [0.1, 0.15) is 11.5 Å². The molecule has 2 N–H and O–H groups in total. The Bertz CT molecular complexity index is 914. The van der Waals surface area contributed by atoms with Crippen LogP contribution in [0.4, 0.5) is 11.5 Å². The lowest BCUT2D eigenvalue weighted by Gasteiger charge is -2.15. The molecule has 0 aliphatic carbocycles. The van der Waals surface area contributed by atoms with Gasteiger partial charge in [-0.2, -0.15) is 5.10 Å². The predicted octanol–water partition coefficient (Wildman–Crippen LogP) is 4.08. The van der Waals surface area contributed by atoms with Crippen LogP contribution in [-0.4, -0.2) is 46.7 Å². The van der Waals surface area contributed by atoms with Gasteiger partial charge in [0.15, 0.2) is 5.65 Å². The summed E-state index contributed by atoms with van der Waals surface area (Å²) in [6, 6.07) is 2.01. The van der Waals surface area contributed by atoms with E-state index in [4.69, 9.17) is 10.7 Å². The summed E-state index contributed by atoms with van der Waals surface area (Å²) in [5.74, 6) is 0.981. The zero-order chi connectivity index (χ0) is 20.5. The van der Waals surface area contributed by atoms with Crippen molar-refractivity contribution >= 4 is 29.6 Å². The van der Waals surface area contributed by atoms with E-state index in [-0.39, 0.29) is 0 Å². The summed E-state index contributed by atoms with van der Waals surface area (Å²) in [4.78, 5) is 16.2. The summed E-state index contributed by atoms with van der Waals surface area (Å²) in [7, 11) is 0. The van der Waals surface area contributed by atoms with Crippen molar-refractivity contribution in [3.63, 3.8) is 0 Å². The minimum absolute atomic E-state index is 0.723. The smallest absolute Gasteiger partial charge is 0.183 e. The van der Waals surface area contributed by atoms with Gasteiger partial charge in [-0.15, -0.1) is 0 Å². The molecule has 1 aliphatic heterocycles. The standard InChI is InChI=1S/C22H31N7/c1-3-5-6-10-24-15-18(4-2)19(14-23)16-25-20-17-26-29-13-9-21(27-22(20)29)28-11-7-8-12-28/h4,9,13-17H,3,5-8,10-12,23H2,1-2H3/b18-4+,19-14?,24-15?,25-16?. The van der Waals surface area contributed by atoms with Gasteiger partial charge in [0.25, 0.3) is 0 Å². The summed E-state index contributed by atoms with van der Waals surface area (Å²) in [5, 5.41) is 4.36. The van der Waals surface area contributed by atoms with E-state index in [9.17, 15) is 0 Å². The fourth-order valence-corrected chi connectivity index (χ4v) is 3.35. The van der Waals surface area contributed by atoms with Gasteiger partial charge in [-0.3, -0.25) is 9.98 Å². The third kappa shape index (κ3) is 5.31. The second kappa shape index (κ2) is 10.5. The van der Waals surface area contributed by atoms with Crippen LogP contribution in [0.2, 0.25) is 0 Å². The van der Waals surface area contributed by atoms with Gasteiger partial charge in [-0.1, -0.05) is 25.8 Å². The van der Waals surface area contributed by atoms with Crippen LogP contribution in [-0.2, 0) is 0 Å². The molecule has 0 radical (unpaired) electrons. The van der Waals surface area contributed by atoms with Crippen molar-refractivity contribution in [3.8, 4) is 0 Å². The first kappa shape index (κ1) is 20.8. The molecule has 3 heterocycles. The minimum Gasteiger partial charge on any atom is -0.404 e. The molecule has 0 aromatic carbocycles. The number of nitrogens with zero attached hydrogens (tertiary/aromatic N) is 6. The second-order valence-corrected chi connectivity index (χ2v) is 7.14. The van der Waals surface area contributed by atoms with E-state index in [0.29, 0.717) is 0 Å². The van der Waals surface area contributed by atoms with E-state index in [1.54, 1.807) is 23.1 Å². The number of unbranched alkanes of at least 4 members (excludes halogenated alkanes) is 2. The zero-order valence-corrected chi connectivity index (χ0v) is 17.5. The van der Waals surface area contributed by atoms with E-state index in [2.05, 4.69) is 26.9 Å². The molecule has 7 nitrogen and oxygen atoms in total. The molecular formula is C22H31N7. The molecule has 0 atom stereocenters. The molecule has 1 saturated heterocycles. The first-order valence-electron chi connectivity index (χ1n) is 10.5. The zero-order valence-electron chi connectivity index (χ0n) is 17.5. The van der Waals surface area contributed by atoms with Crippen molar-refractivity contribution in [2.24, 2.45) is 15.7 Å². The normalized spacial score (nSPS) is 16.1. The molecule has 2 aromatic heterocycles. The van der Waals surface area contributed by atoms with Gasteiger partial charge in [-0.05, 0) is 37.8 Å². The summed E-state index contributed by atoms with van der Waals surface area (Å²) in [5.41, 5.74) is 9.11. The topological polar surface area (TPSA) is 84.2 Å². The summed E-state index contributed by atoms with van der Waals surface area (Å²) < 4.78 is 1.75. The SMILES string of the molecule is C/C=C(\C=NCCCCC)C(C=Nc1cnn2ccc(N3CCCC3)nc12)=CN. The van der Waals surface area contributed by atoms with Gasteiger partial charge in [0.05, 0.1) is 6.20 Å². The lowest BCUT2D eigenvalue weighted by molar-refractivity contribution is 0.729. The Morgan fingerprint density at radius 1 is 1.21 bits per heavy atom. The number of fused-ring (bicyclic) bond motifs is 1.